The fraction of sp³-hybridized carbons (Fsp3) is 0.273. The molecular formula is C11H9ClN4O2. The topological polar surface area (TPSA) is 86.1 Å². The van der Waals surface area contributed by atoms with Crippen LogP contribution in [-0.2, 0) is 9.59 Å². The van der Waals surface area contributed by atoms with E-state index in [1.54, 1.807) is 6.92 Å². The van der Waals surface area contributed by atoms with E-state index >= 15 is 0 Å². The predicted octanol–water partition coefficient (Wildman–Crippen LogP) is 0.458. The summed E-state index contributed by atoms with van der Waals surface area (Å²) < 4.78 is 0. The minimum Gasteiger partial charge on any atom is -0.335 e. The van der Waals surface area contributed by atoms with Gasteiger partial charge in [-0.2, -0.15) is 5.26 Å². The van der Waals surface area contributed by atoms with Gasteiger partial charge in [-0.15, -0.1) is 0 Å². The molecule has 0 aromatic carbocycles. The number of halogens is 1. The van der Waals surface area contributed by atoms with Gasteiger partial charge >= 0.3 is 0 Å². The maximum absolute atomic E-state index is 11.5. The van der Waals surface area contributed by atoms with E-state index in [0.717, 1.165) is 0 Å². The lowest BCUT2D eigenvalue weighted by Crippen LogP contribution is -2.57. The van der Waals surface area contributed by atoms with Gasteiger partial charge in [-0.1, -0.05) is 11.6 Å². The van der Waals surface area contributed by atoms with E-state index in [1.165, 1.54) is 17.0 Å². The number of pyridine rings is 1. The molecule has 2 amide bonds. The second kappa shape index (κ2) is 4.63. The number of rotatable bonds is 1. The van der Waals surface area contributed by atoms with Crippen LogP contribution < -0.4 is 10.2 Å². The zero-order valence-corrected chi connectivity index (χ0v) is 10.2. The first-order valence-corrected chi connectivity index (χ1v) is 5.57. The van der Waals surface area contributed by atoms with Crippen LogP contribution in [0.5, 0.6) is 0 Å². The molecule has 1 atom stereocenters. The molecule has 1 fully saturated rings. The van der Waals surface area contributed by atoms with Crippen LogP contribution in [0.15, 0.2) is 12.1 Å². The monoisotopic (exact) mass is 264 g/mol. The number of imide groups is 1. The molecule has 1 aromatic rings. The third-order valence-electron chi connectivity index (χ3n) is 2.63. The Labute approximate surface area is 108 Å². The highest BCUT2D eigenvalue weighted by Crippen LogP contribution is 2.21. The highest BCUT2D eigenvalue weighted by molar-refractivity contribution is 6.29. The van der Waals surface area contributed by atoms with Crippen molar-refractivity contribution in [2.75, 3.05) is 11.4 Å². The van der Waals surface area contributed by atoms with E-state index in [4.69, 9.17) is 16.9 Å². The van der Waals surface area contributed by atoms with Crippen LogP contribution in [0.3, 0.4) is 0 Å². The second-order valence-electron chi connectivity index (χ2n) is 3.86. The minimum atomic E-state index is -0.541. The lowest BCUT2D eigenvalue weighted by Gasteiger charge is -2.32. The summed E-state index contributed by atoms with van der Waals surface area (Å²) in [5.74, 6) is -0.459. The molecule has 0 bridgehead atoms. The van der Waals surface area contributed by atoms with Gasteiger partial charge in [-0.3, -0.25) is 14.9 Å². The fourth-order valence-corrected chi connectivity index (χ4v) is 1.89. The SMILES string of the molecule is CC1C(=O)NC(=O)CN1c1cc(C#N)cc(Cl)n1. The van der Waals surface area contributed by atoms with Gasteiger partial charge in [0.05, 0.1) is 18.2 Å². The average molecular weight is 265 g/mol. The van der Waals surface area contributed by atoms with Crippen molar-refractivity contribution in [1.29, 1.82) is 5.26 Å². The zero-order chi connectivity index (χ0) is 13.3. The van der Waals surface area contributed by atoms with Gasteiger partial charge in [0.25, 0.3) is 0 Å². The first kappa shape index (κ1) is 12.3. The Hall–Kier alpha value is -2.13. The molecule has 92 valence electrons. The molecule has 1 N–H and O–H groups in total. The maximum Gasteiger partial charge on any atom is 0.249 e. The first-order valence-electron chi connectivity index (χ1n) is 5.19. The molecule has 1 aliphatic rings. The summed E-state index contributed by atoms with van der Waals surface area (Å²) in [6.07, 6.45) is 0. The molecular weight excluding hydrogens is 256 g/mol. The van der Waals surface area contributed by atoms with Crippen molar-refractivity contribution in [3.05, 3.63) is 22.8 Å². The van der Waals surface area contributed by atoms with Crippen LogP contribution in [0, 0.1) is 11.3 Å². The summed E-state index contributed by atoms with van der Waals surface area (Å²) in [5, 5.41) is 11.2. The molecule has 1 saturated heterocycles. The molecule has 2 rings (SSSR count). The van der Waals surface area contributed by atoms with Gasteiger partial charge in [0.15, 0.2) is 0 Å². The first-order chi connectivity index (χ1) is 8.51. The zero-order valence-electron chi connectivity index (χ0n) is 9.48. The lowest BCUT2D eigenvalue weighted by atomic mass is 10.2. The van der Waals surface area contributed by atoms with Gasteiger partial charge in [-0.05, 0) is 19.1 Å². The largest absolute Gasteiger partial charge is 0.335 e. The number of aromatic nitrogens is 1. The Morgan fingerprint density at radius 2 is 2.28 bits per heavy atom. The maximum atomic E-state index is 11.5. The van der Waals surface area contributed by atoms with Crippen molar-refractivity contribution in [3.63, 3.8) is 0 Å². The number of carbonyl (C=O) groups is 2. The summed E-state index contributed by atoms with van der Waals surface area (Å²) in [7, 11) is 0. The molecule has 18 heavy (non-hydrogen) atoms. The summed E-state index contributed by atoms with van der Waals surface area (Å²) >= 11 is 5.79. The van der Waals surface area contributed by atoms with Crippen molar-refractivity contribution in [2.24, 2.45) is 0 Å². The number of nitrogens with one attached hydrogen (secondary N) is 1. The summed E-state index contributed by atoms with van der Waals surface area (Å²) in [6, 6.07) is 4.32. The molecule has 0 radical (unpaired) electrons. The predicted molar refractivity (Wildman–Crippen MR) is 63.9 cm³/mol. The van der Waals surface area contributed by atoms with E-state index in [2.05, 4.69) is 10.3 Å². The molecule has 7 heteroatoms. The Kier molecular flexibility index (Phi) is 3.17. The number of carbonyl (C=O) groups excluding carboxylic acids is 2. The average Bonchev–Trinajstić information content (AvgIpc) is 2.32. The van der Waals surface area contributed by atoms with E-state index in [-0.39, 0.29) is 11.7 Å². The van der Waals surface area contributed by atoms with Crippen molar-refractivity contribution >= 4 is 29.2 Å². The Bertz CT molecular complexity index is 567. The molecule has 2 heterocycles. The summed E-state index contributed by atoms with van der Waals surface area (Å²) in [5.41, 5.74) is 0.329. The van der Waals surface area contributed by atoms with Crippen LogP contribution in [0.4, 0.5) is 5.82 Å². The van der Waals surface area contributed by atoms with Gasteiger partial charge in [0.1, 0.15) is 17.0 Å². The highest BCUT2D eigenvalue weighted by atomic mass is 35.5. The number of anilines is 1. The van der Waals surface area contributed by atoms with Gasteiger partial charge in [-0.25, -0.2) is 4.98 Å². The Morgan fingerprint density at radius 3 is 2.94 bits per heavy atom. The molecule has 0 saturated carbocycles. The summed E-state index contributed by atoms with van der Waals surface area (Å²) in [6.45, 7) is 1.65. The quantitative estimate of drug-likeness (QED) is 0.588. The van der Waals surface area contributed by atoms with Crippen LogP contribution in [-0.4, -0.2) is 29.4 Å². The van der Waals surface area contributed by atoms with Crippen LogP contribution >= 0.6 is 11.6 Å². The Morgan fingerprint density at radius 1 is 1.56 bits per heavy atom. The molecule has 0 aliphatic carbocycles. The van der Waals surface area contributed by atoms with Crippen LogP contribution in [0.1, 0.15) is 12.5 Å². The van der Waals surface area contributed by atoms with E-state index in [9.17, 15) is 9.59 Å². The smallest absolute Gasteiger partial charge is 0.249 e. The van der Waals surface area contributed by atoms with Crippen molar-refractivity contribution in [3.8, 4) is 6.07 Å². The Balaban J connectivity index is 2.41. The fourth-order valence-electron chi connectivity index (χ4n) is 1.69. The molecule has 6 nitrogen and oxygen atoms in total. The van der Waals surface area contributed by atoms with Crippen molar-refractivity contribution < 1.29 is 9.59 Å². The third kappa shape index (κ3) is 2.26. The number of hydrogen-bond acceptors (Lipinski definition) is 5. The lowest BCUT2D eigenvalue weighted by molar-refractivity contribution is -0.132. The third-order valence-corrected chi connectivity index (χ3v) is 2.82. The molecule has 1 aromatic heterocycles. The molecule has 1 unspecified atom stereocenters. The normalized spacial score (nSPS) is 19.4. The number of hydrogen-bond donors (Lipinski definition) is 1. The van der Waals surface area contributed by atoms with E-state index in [0.29, 0.717) is 11.4 Å². The van der Waals surface area contributed by atoms with Crippen LogP contribution in [0.2, 0.25) is 5.15 Å². The number of nitriles is 1. The van der Waals surface area contributed by atoms with Crippen molar-refractivity contribution in [2.45, 2.75) is 13.0 Å². The van der Waals surface area contributed by atoms with Gasteiger partial charge < -0.3 is 4.90 Å². The van der Waals surface area contributed by atoms with E-state index in [1.807, 2.05) is 6.07 Å². The second-order valence-corrected chi connectivity index (χ2v) is 4.25. The number of amides is 2. The molecule has 0 spiro atoms. The van der Waals surface area contributed by atoms with Gasteiger partial charge in [0, 0.05) is 0 Å². The number of piperazine rings is 1. The minimum absolute atomic E-state index is 0.00508. The van der Waals surface area contributed by atoms with Crippen molar-refractivity contribution in [1.82, 2.24) is 10.3 Å². The van der Waals surface area contributed by atoms with Crippen LogP contribution in [0.25, 0.3) is 0 Å². The number of nitrogens with zero attached hydrogens (tertiary/aromatic N) is 3. The van der Waals surface area contributed by atoms with Gasteiger partial charge in [0.2, 0.25) is 11.8 Å². The van der Waals surface area contributed by atoms with E-state index < -0.39 is 17.9 Å². The highest BCUT2D eigenvalue weighted by Gasteiger charge is 2.31. The molecule has 1 aliphatic heterocycles. The summed E-state index contributed by atoms with van der Waals surface area (Å²) in [4.78, 5) is 28.4. The standard InChI is InChI=1S/C11H9ClN4O2/c1-6-11(18)15-10(17)5-16(6)9-3-7(4-13)2-8(12)14-9/h2-3,6H,5H2,1H3,(H,15,17,18).